The monoisotopic (exact) mass is 446 g/mol. The van der Waals surface area contributed by atoms with E-state index in [4.69, 9.17) is 16.3 Å². The summed E-state index contributed by atoms with van der Waals surface area (Å²) >= 11 is 6.40. The van der Waals surface area contributed by atoms with E-state index in [0.29, 0.717) is 35.2 Å². The van der Waals surface area contributed by atoms with E-state index in [-0.39, 0.29) is 5.91 Å². The molecule has 32 heavy (non-hydrogen) atoms. The number of carbonyl (C=O) groups is 1. The first-order chi connectivity index (χ1) is 15.6. The fraction of sp³-hybridized carbons (Fsp3) is 0.120. The molecule has 2 N–H and O–H groups in total. The number of hydrogen-bond donors (Lipinski definition) is 2. The molecule has 1 heterocycles. The van der Waals surface area contributed by atoms with Crippen molar-refractivity contribution in [2.45, 2.75) is 13.2 Å². The summed E-state index contributed by atoms with van der Waals surface area (Å²) in [6, 6.07) is 22.5. The summed E-state index contributed by atoms with van der Waals surface area (Å²) < 4.78 is 7.63. The Morgan fingerprint density at radius 3 is 2.53 bits per heavy atom. The largest absolute Gasteiger partial charge is 0.486 e. The van der Waals surface area contributed by atoms with Crippen LogP contribution in [0.4, 0.5) is 11.4 Å². The Morgan fingerprint density at radius 2 is 1.84 bits per heavy atom. The second kappa shape index (κ2) is 10.0. The quantitative estimate of drug-likeness (QED) is 0.374. The van der Waals surface area contributed by atoms with E-state index < -0.39 is 0 Å². The fourth-order valence-corrected chi connectivity index (χ4v) is 3.37. The smallest absolute Gasteiger partial charge is 0.255 e. The number of ether oxygens (including phenoxy) is 1. The highest BCUT2D eigenvalue weighted by molar-refractivity contribution is 6.33. The van der Waals surface area contributed by atoms with Crippen LogP contribution in [0.1, 0.15) is 21.7 Å². The molecule has 3 aromatic carbocycles. The molecule has 0 unspecified atom stereocenters. The molecule has 0 aliphatic carbocycles. The number of halogens is 1. The molecule has 7 heteroatoms. The summed E-state index contributed by atoms with van der Waals surface area (Å²) in [4.78, 5) is 16.8. The summed E-state index contributed by atoms with van der Waals surface area (Å²) in [7, 11) is 1.91. The summed E-state index contributed by atoms with van der Waals surface area (Å²) in [5.74, 6) is 1.27. The Morgan fingerprint density at radius 1 is 1.06 bits per heavy atom. The van der Waals surface area contributed by atoms with Crippen LogP contribution in [0.5, 0.6) is 5.75 Å². The SMILES string of the molecule is Cn1ccnc1COc1ccc(C(=O)Nc2ccc(NCc3ccccc3)c(Cl)c2)cc1. The number of anilines is 2. The molecule has 6 nitrogen and oxygen atoms in total. The molecule has 0 atom stereocenters. The molecule has 0 saturated heterocycles. The number of amides is 1. The van der Waals surface area contributed by atoms with Gasteiger partial charge in [-0.25, -0.2) is 4.98 Å². The minimum absolute atomic E-state index is 0.221. The summed E-state index contributed by atoms with van der Waals surface area (Å²) in [6.45, 7) is 1.03. The van der Waals surface area contributed by atoms with Crippen LogP contribution in [0.2, 0.25) is 5.02 Å². The van der Waals surface area contributed by atoms with Crippen LogP contribution in [-0.4, -0.2) is 15.5 Å². The van der Waals surface area contributed by atoms with Gasteiger partial charge < -0.3 is 19.9 Å². The highest BCUT2D eigenvalue weighted by Crippen LogP contribution is 2.26. The lowest BCUT2D eigenvalue weighted by atomic mass is 10.2. The zero-order valence-corrected chi connectivity index (χ0v) is 18.3. The van der Waals surface area contributed by atoms with Gasteiger partial charge in [-0.3, -0.25) is 4.79 Å². The molecule has 0 fully saturated rings. The van der Waals surface area contributed by atoms with Crippen LogP contribution in [0.3, 0.4) is 0 Å². The van der Waals surface area contributed by atoms with Crippen LogP contribution < -0.4 is 15.4 Å². The second-order valence-electron chi connectivity index (χ2n) is 7.26. The topological polar surface area (TPSA) is 68.2 Å². The van der Waals surface area contributed by atoms with Gasteiger partial charge in [0.2, 0.25) is 0 Å². The maximum atomic E-state index is 12.6. The van der Waals surface area contributed by atoms with Crippen molar-refractivity contribution in [3.05, 3.63) is 107 Å². The lowest BCUT2D eigenvalue weighted by Gasteiger charge is -2.11. The Kier molecular flexibility index (Phi) is 6.72. The van der Waals surface area contributed by atoms with E-state index in [1.165, 1.54) is 0 Å². The number of aryl methyl sites for hydroxylation is 1. The maximum absolute atomic E-state index is 12.6. The van der Waals surface area contributed by atoms with Gasteiger partial charge in [-0.05, 0) is 48.0 Å². The first-order valence-corrected chi connectivity index (χ1v) is 10.5. The number of benzene rings is 3. The van der Waals surface area contributed by atoms with Crippen LogP contribution >= 0.6 is 11.6 Å². The molecule has 1 amide bonds. The van der Waals surface area contributed by atoms with Gasteiger partial charge in [0.1, 0.15) is 18.2 Å². The fourth-order valence-electron chi connectivity index (χ4n) is 3.12. The van der Waals surface area contributed by atoms with Gasteiger partial charge in [-0.1, -0.05) is 41.9 Å². The van der Waals surface area contributed by atoms with Crippen molar-refractivity contribution in [3.63, 3.8) is 0 Å². The lowest BCUT2D eigenvalue weighted by molar-refractivity contribution is 0.102. The minimum atomic E-state index is -0.221. The van der Waals surface area contributed by atoms with Gasteiger partial charge in [-0.15, -0.1) is 0 Å². The standard InChI is InChI=1S/C25H23ClN4O2/c1-30-14-13-27-24(30)17-32-21-10-7-19(8-11-21)25(31)29-20-9-12-23(22(26)15-20)28-16-18-5-3-2-4-6-18/h2-15,28H,16-17H2,1H3,(H,29,31). The van der Waals surface area contributed by atoms with Gasteiger partial charge >= 0.3 is 0 Å². The molecule has 162 valence electrons. The second-order valence-corrected chi connectivity index (χ2v) is 7.66. The lowest BCUT2D eigenvalue weighted by Crippen LogP contribution is -2.12. The molecular formula is C25H23ClN4O2. The number of carbonyl (C=O) groups excluding carboxylic acids is 1. The van der Waals surface area contributed by atoms with Gasteiger partial charge in [0.15, 0.2) is 0 Å². The zero-order chi connectivity index (χ0) is 22.3. The molecule has 0 spiro atoms. The molecular weight excluding hydrogens is 424 g/mol. The third-order valence-corrected chi connectivity index (χ3v) is 5.27. The number of nitrogens with one attached hydrogen (secondary N) is 2. The van der Waals surface area contributed by atoms with Crippen molar-refractivity contribution in [1.29, 1.82) is 0 Å². The highest BCUT2D eigenvalue weighted by atomic mass is 35.5. The first kappa shape index (κ1) is 21.5. The van der Waals surface area contributed by atoms with Crippen molar-refractivity contribution >= 4 is 28.9 Å². The van der Waals surface area contributed by atoms with Crippen molar-refractivity contribution in [3.8, 4) is 5.75 Å². The summed E-state index contributed by atoms with van der Waals surface area (Å²) in [5.41, 5.74) is 3.12. The molecule has 4 aromatic rings. The zero-order valence-electron chi connectivity index (χ0n) is 17.6. The third kappa shape index (κ3) is 5.47. The molecule has 4 rings (SSSR count). The Balaban J connectivity index is 1.33. The third-order valence-electron chi connectivity index (χ3n) is 4.96. The minimum Gasteiger partial charge on any atom is -0.486 e. The molecule has 0 bridgehead atoms. The van der Waals surface area contributed by atoms with Crippen LogP contribution in [0.15, 0.2) is 85.2 Å². The Bertz CT molecular complexity index is 1190. The van der Waals surface area contributed by atoms with Crippen molar-refractivity contribution < 1.29 is 9.53 Å². The van der Waals surface area contributed by atoms with E-state index in [1.54, 1.807) is 36.5 Å². The number of nitrogens with zero attached hydrogens (tertiary/aromatic N) is 2. The number of imidazole rings is 1. The summed E-state index contributed by atoms with van der Waals surface area (Å²) in [6.07, 6.45) is 3.59. The molecule has 0 aliphatic rings. The average molecular weight is 447 g/mol. The van der Waals surface area contributed by atoms with Crippen LogP contribution in [0.25, 0.3) is 0 Å². The first-order valence-electron chi connectivity index (χ1n) is 10.2. The van der Waals surface area contributed by atoms with Gasteiger partial charge in [-0.2, -0.15) is 0 Å². The van der Waals surface area contributed by atoms with Gasteiger partial charge in [0.25, 0.3) is 5.91 Å². The average Bonchev–Trinajstić information content (AvgIpc) is 3.23. The van der Waals surface area contributed by atoms with E-state index >= 15 is 0 Å². The van der Waals surface area contributed by atoms with Gasteiger partial charge in [0, 0.05) is 37.2 Å². The normalized spacial score (nSPS) is 10.6. The van der Waals surface area contributed by atoms with E-state index in [0.717, 1.165) is 17.1 Å². The predicted molar refractivity (Wildman–Crippen MR) is 127 cm³/mol. The van der Waals surface area contributed by atoms with E-state index in [9.17, 15) is 4.79 Å². The van der Waals surface area contributed by atoms with Crippen molar-refractivity contribution in [1.82, 2.24) is 9.55 Å². The Labute approximate surface area is 191 Å². The predicted octanol–water partition coefficient (Wildman–Crippen LogP) is 5.52. The Hall–Kier alpha value is -3.77. The summed E-state index contributed by atoms with van der Waals surface area (Å²) in [5, 5.41) is 6.72. The van der Waals surface area contributed by atoms with E-state index in [1.807, 2.05) is 60.3 Å². The molecule has 0 saturated carbocycles. The van der Waals surface area contributed by atoms with Crippen LogP contribution in [-0.2, 0) is 20.2 Å². The number of rotatable bonds is 8. The number of hydrogen-bond acceptors (Lipinski definition) is 4. The van der Waals surface area contributed by atoms with Crippen LogP contribution in [0, 0.1) is 0 Å². The highest BCUT2D eigenvalue weighted by Gasteiger charge is 2.09. The molecule has 1 aromatic heterocycles. The van der Waals surface area contributed by atoms with Crippen molar-refractivity contribution in [2.75, 3.05) is 10.6 Å². The van der Waals surface area contributed by atoms with E-state index in [2.05, 4.69) is 15.6 Å². The van der Waals surface area contributed by atoms with Gasteiger partial charge in [0.05, 0.1) is 10.7 Å². The molecule has 0 aliphatic heterocycles. The molecule has 0 radical (unpaired) electrons. The maximum Gasteiger partial charge on any atom is 0.255 e. The van der Waals surface area contributed by atoms with Crippen molar-refractivity contribution in [2.24, 2.45) is 7.05 Å². The number of aromatic nitrogens is 2.